The Kier molecular flexibility index (Phi) is 7.16. The first-order valence-corrected chi connectivity index (χ1v) is 12.8. The van der Waals surface area contributed by atoms with Crippen molar-refractivity contribution in [2.75, 3.05) is 49.1 Å². The number of pyridine rings is 1. The molecule has 36 heavy (non-hydrogen) atoms. The maximum atomic E-state index is 13.5. The molecule has 0 atom stereocenters. The van der Waals surface area contributed by atoms with Crippen molar-refractivity contribution in [1.82, 2.24) is 15.2 Å². The van der Waals surface area contributed by atoms with Crippen molar-refractivity contribution in [2.24, 2.45) is 0 Å². The van der Waals surface area contributed by atoms with Crippen molar-refractivity contribution < 1.29 is 9.59 Å². The van der Waals surface area contributed by atoms with Crippen LogP contribution in [0.4, 0.5) is 11.5 Å². The van der Waals surface area contributed by atoms with E-state index in [-0.39, 0.29) is 17.9 Å². The molecule has 0 bridgehead atoms. The summed E-state index contributed by atoms with van der Waals surface area (Å²) in [6, 6.07) is 21.7. The number of nitrogens with one attached hydrogen (secondary N) is 1. The number of carbonyl (C=O) groups excluding carboxylic acids is 2. The summed E-state index contributed by atoms with van der Waals surface area (Å²) in [6.45, 7) is 6.50. The number of aromatic nitrogens is 1. The van der Waals surface area contributed by atoms with Crippen molar-refractivity contribution in [3.8, 4) is 0 Å². The highest BCUT2D eigenvalue weighted by Gasteiger charge is 2.28. The number of para-hydroxylation sites is 1. The van der Waals surface area contributed by atoms with Crippen LogP contribution in [0, 0.1) is 6.92 Å². The van der Waals surface area contributed by atoms with Crippen LogP contribution in [-0.2, 0) is 0 Å². The van der Waals surface area contributed by atoms with Crippen LogP contribution in [0.3, 0.4) is 0 Å². The smallest absolute Gasteiger partial charge is 0.256 e. The first kappa shape index (κ1) is 23.9. The van der Waals surface area contributed by atoms with Gasteiger partial charge in [0.25, 0.3) is 11.8 Å². The van der Waals surface area contributed by atoms with Crippen molar-refractivity contribution in [3.05, 3.63) is 89.6 Å². The second-order valence-corrected chi connectivity index (χ2v) is 9.59. The Hall–Kier alpha value is -3.87. The Morgan fingerprint density at radius 3 is 2.31 bits per heavy atom. The third kappa shape index (κ3) is 5.35. The van der Waals surface area contributed by atoms with E-state index in [4.69, 9.17) is 0 Å². The minimum atomic E-state index is -0.0161. The first-order chi connectivity index (χ1) is 17.6. The molecule has 0 saturated carbocycles. The van der Waals surface area contributed by atoms with E-state index in [0.29, 0.717) is 18.7 Å². The van der Waals surface area contributed by atoms with E-state index in [1.807, 2.05) is 78.6 Å². The number of amides is 2. The molecule has 7 heteroatoms. The predicted octanol–water partition coefficient (Wildman–Crippen LogP) is 3.75. The first-order valence-electron chi connectivity index (χ1n) is 12.8. The van der Waals surface area contributed by atoms with Gasteiger partial charge >= 0.3 is 0 Å². The predicted molar refractivity (Wildman–Crippen MR) is 143 cm³/mol. The summed E-state index contributed by atoms with van der Waals surface area (Å²) < 4.78 is 0. The van der Waals surface area contributed by atoms with Crippen LogP contribution >= 0.6 is 0 Å². The van der Waals surface area contributed by atoms with Crippen LogP contribution in [0.15, 0.2) is 72.9 Å². The molecule has 0 spiro atoms. The minimum Gasteiger partial charge on any atom is -0.371 e. The van der Waals surface area contributed by atoms with Crippen LogP contribution in [0.25, 0.3) is 0 Å². The minimum absolute atomic E-state index is 0.0161. The Morgan fingerprint density at radius 1 is 0.833 bits per heavy atom. The highest BCUT2D eigenvalue weighted by molar-refractivity contribution is 6.00. The summed E-state index contributed by atoms with van der Waals surface area (Å²) in [5.74, 6) is 1.03. The maximum absolute atomic E-state index is 13.5. The lowest BCUT2D eigenvalue weighted by Crippen LogP contribution is -2.49. The highest BCUT2D eigenvalue weighted by atomic mass is 16.2. The van der Waals surface area contributed by atoms with Gasteiger partial charge in [-0.15, -0.1) is 0 Å². The number of aryl methyl sites for hydroxylation is 1. The van der Waals surface area contributed by atoms with Crippen molar-refractivity contribution in [2.45, 2.75) is 25.8 Å². The van der Waals surface area contributed by atoms with Gasteiger partial charge in [-0.1, -0.05) is 35.9 Å². The highest BCUT2D eigenvalue weighted by Crippen LogP contribution is 2.26. The largest absolute Gasteiger partial charge is 0.371 e. The van der Waals surface area contributed by atoms with E-state index >= 15 is 0 Å². The number of piperazine rings is 1. The van der Waals surface area contributed by atoms with Gasteiger partial charge in [-0.2, -0.15) is 0 Å². The van der Waals surface area contributed by atoms with Gasteiger partial charge in [-0.05, 0) is 56.2 Å². The Morgan fingerprint density at radius 2 is 1.58 bits per heavy atom. The lowest BCUT2D eigenvalue weighted by atomic mass is 10.0. The number of nitrogens with zero attached hydrogens (tertiary/aromatic N) is 4. The second kappa shape index (κ2) is 10.8. The van der Waals surface area contributed by atoms with Crippen LogP contribution in [0.2, 0.25) is 0 Å². The molecule has 2 amide bonds. The zero-order chi connectivity index (χ0) is 24.9. The van der Waals surface area contributed by atoms with Crippen LogP contribution in [-0.4, -0.2) is 67.0 Å². The Bertz CT molecular complexity index is 1200. The number of anilines is 2. The molecule has 2 aliphatic rings. The van der Waals surface area contributed by atoms with Gasteiger partial charge in [0, 0.05) is 62.8 Å². The van der Waals surface area contributed by atoms with E-state index in [1.165, 1.54) is 0 Å². The van der Waals surface area contributed by atoms with Gasteiger partial charge in [-0.3, -0.25) is 9.59 Å². The number of benzene rings is 2. The number of carbonyl (C=O) groups is 2. The molecule has 2 aliphatic heterocycles. The van der Waals surface area contributed by atoms with Gasteiger partial charge in [0.05, 0.1) is 5.56 Å². The zero-order valence-electron chi connectivity index (χ0n) is 20.8. The van der Waals surface area contributed by atoms with Gasteiger partial charge in [-0.25, -0.2) is 4.98 Å². The Balaban J connectivity index is 1.19. The summed E-state index contributed by atoms with van der Waals surface area (Å²) in [5.41, 5.74) is 3.53. The number of rotatable bonds is 5. The lowest BCUT2D eigenvalue weighted by molar-refractivity contribution is 0.0747. The van der Waals surface area contributed by atoms with E-state index in [9.17, 15) is 9.59 Å². The summed E-state index contributed by atoms with van der Waals surface area (Å²) in [4.78, 5) is 37.1. The average Bonchev–Trinajstić information content (AvgIpc) is 2.94. The second-order valence-electron chi connectivity index (χ2n) is 9.59. The molecule has 1 aromatic heterocycles. The molecule has 2 fully saturated rings. The number of piperidine rings is 1. The normalized spacial score (nSPS) is 16.6. The van der Waals surface area contributed by atoms with Gasteiger partial charge in [0.2, 0.25) is 0 Å². The SMILES string of the molecule is Cc1cccc(C(=O)NC2CCN(c3ccccc3C(=O)N3CCN(c4ccccn4)CC3)CC2)c1. The molecule has 5 rings (SSSR count). The van der Waals surface area contributed by atoms with Crippen molar-refractivity contribution in [3.63, 3.8) is 0 Å². The topological polar surface area (TPSA) is 68.8 Å². The quantitative estimate of drug-likeness (QED) is 0.599. The van der Waals surface area contributed by atoms with Gasteiger partial charge < -0.3 is 20.0 Å². The van der Waals surface area contributed by atoms with Gasteiger partial charge in [0.1, 0.15) is 5.82 Å². The average molecular weight is 484 g/mol. The molecule has 1 N–H and O–H groups in total. The fourth-order valence-electron chi connectivity index (χ4n) is 5.10. The molecule has 0 unspecified atom stereocenters. The molecule has 186 valence electrons. The van der Waals surface area contributed by atoms with Crippen LogP contribution in [0.1, 0.15) is 39.1 Å². The van der Waals surface area contributed by atoms with E-state index in [2.05, 4.69) is 20.1 Å². The molecule has 3 aromatic rings. The standard InChI is InChI=1S/C29H33N5O2/c1-22-7-6-8-23(21-22)28(35)31-24-12-15-32(16-13-24)26-10-3-2-9-25(26)29(36)34-19-17-33(18-20-34)27-11-4-5-14-30-27/h2-11,14,21,24H,12-13,15-20H2,1H3,(H,31,35). The Labute approximate surface area is 212 Å². The van der Waals surface area contributed by atoms with E-state index < -0.39 is 0 Å². The molecule has 2 aromatic carbocycles. The molecule has 3 heterocycles. The fourth-order valence-corrected chi connectivity index (χ4v) is 5.10. The van der Waals surface area contributed by atoms with Gasteiger partial charge in [0.15, 0.2) is 0 Å². The number of hydrogen-bond donors (Lipinski definition) is 1. The summed E-state index contributed by atoms with van der Waals surface area (Å²) in [6.07, 6.45) is 3.51. The fraction of sp³-hybridized carbons (Fsp3) is 0.345. The molecule has 2 saturated heterocycles. The van der Waals surface area contributed by atoms with Crippen LogP contribution < -0.4 is 15.1 Å². The maximum Gasteiger partial charge on any atom is 0.256 e. The molecule has 0 radical (unpaired) electrons. The summed E-state index contributed by atoms with van der Waals surface area (Å²) in [5, 5.41) is 3.19. The molecule has 0 aliphatic carbocycles. The van der Waals surface area contributed by atoms with E-state index in [0.717, 1.165) is 61.7 Å². The zero-order valence-corrected chi connectivity index (χ0v) is 20.8. The monoisotopic (exact) mass is 483 g/mol. The molecule has 7 nitrogen and oxygen atoms in total. The molecular weight excluding hydrogens is 450 g/mol. The van der Waals surface area contributed by atoms with E-state index in [1.54, 1.807) is 6.20 Å². The summed E-state index contributed by atoms with van der Waals surface area (Å²) >= 11 is 0. The van der Waals surface area contributed by atoms with Crippen molar-refractivity contribution >= 4 is 23.3 Å². The third-order valence-corrected chi connectivity index (χ3v) is 7.13. The third-order valence-electron chi connectivity index (χ3n) is 7.13. The number of hydrogen-bond acceptors (Lipinski definition) is 5. The lowest BCUT2D eigenvalue weighted by Gasteiger charge is -2.37. The molecular formula is C29H33N5O2. The summed E-state index contributed by atoms with van der Waals surface area (Å²) in [7, 11) is 0. The van der Waals surface area contributed by atoms with Crippen molar-refractivity contribution in [1.29, 1.82) is 0 Å². The van der Waals surface area contributed by atoms with Crippen LogP contribution in [0.5, 0.6) is 0 Å².